The van der Waals surface area contributed by atoms with Crippen LogP contribution in [0.4, 0.5) is 0 Å². The molecule has 3 aromatic carbocycles. The van der Waals surface area contributed by atoms with Gasteiger partial charge in [-0.3, -0.25) is 0 Å². The van der Waals surface area contributed by atoms with Crippen molar-refractivity contribution in [3.63, 3.8) is 0 Å². The average Bonchev–Trinajstić information content (AvgIpc) is 3.35. The molecule has 0 atom stereocenters. The van der Waals surface area contributed by atoms with Crippen LogP contribution in [0.15, 0.2) is 91.0 Å². The van der Waals surface area contributed by atoms with E-state index in [-0.39, 0.29) is 0 Å². The summed E-state index contributed by atoms with van der Waals surface area (Å²) in [4.78, 5) is 0. The molecule has 0 bridgehead atoms. The van der Waals surface area contributed by atoms with Crippen molar-refractivity contribution >= 4 is 0 Å². The predicted octanol–water partition coefficient (Wildman–Crippen LogP) is 10.3. The Balaban J connectivity index is 0.976. The zero-order valence-corrected chi connectivity index (χ0v) is 40.2. The van der Waals surface area contributed by atoms with Crippen LogP contribution in [-0.2, 0) is 57.7 Å². The summed E-state index contributed by atoms with van der Waals surface area (Å²) in [6.07, 6.45) is 17.8. The summed E-state index contributed by atoms with van der Waals surface area (Å²) in [7, 11) is 0. The standard InChI is InChI=1S/C54H86O11/c1-2-3-4-5-6-7-8-9-10-11-12-13-23-30-55-31-32-56-33-34-57-35-36-58-37-38-59-39-40-60-41-42-61-43-44-62-45-46-63-47-48-64-49-50-65-54(51-24-17-14-18-25-51,52-26-19-15-20-27-52)53-28-21-16-22-29-53/h14-22,24-29H,2-13,23,30-50H2,1H3. The molecule has 3 aromatic rings. The van der Waals surface area contributed by atoms with Gasteiger partial charge < -0.3 is 52.1 Å². The van der Waals surface area contributed by atoms with E-state index in [9.17, 15) is 0 Å². The number of rotatable bonds is 48. The highest BCUT2D eigenvalue weighted by atomic mass is 16.6. The van der Waals surface area contributed by atoms with Crippen LogP contribution >= 0.6 is 0 Å². The first-order chi connectivity index (χ1) is 32.4. The van der Waals surface area contributed by atoms with E-state index in [0.29, 0.717) is 132 Å². The van der Waals surface area contributed by atoms with Crippen molar-refractivity contribution in [1.82, 2.24) is 0 Å². The Morgan fingerprint density at radius 3 is 0.723 bits per heavy atom. The van der Waals surface area contributed by atoms with Crippen molar-refractivity contribution in [2.24, 2.45) is 0 Å². The Kier molecular flexibility index (Phi) is 37.0. The minimum absolute atomic E-state index is 0.418. The Morgan fingerprint density at radius 2 is 0.462 bits per heavy atom. The molecule has 0 aromatic heterocycles. The van der Waals surface area contributed by atoms with Gasteiger partial charge in [0.25, 0.3) is 0 Å². The first-order valence-electron chi connectivity index (χ1n) is 25.0. The van der Waals surface area contributed by atoms with Gasteiger partial charge in [0.05, 0.1) is 132 Å². The molecule has 0 heterocycles. The Morgan fingerprint density at radius 1 is 0.246 bits per heavy atom. The molecule has 0 fully saturated rings. The van der Waals surface area contributed by atoms with Crippen molar-refractivity contribution in [3.8, 4) is 0 Å². The van der Waals surface area contributed by atoms with Gasteiger partial charge in [0.15, 0.2) is 0 Å². The molecule has 0 aliphatic heterocycles. The van der Waals surface area contributed by atoms with Crippen molar-refractivity contribution in [1.29, 1.82) is 0 Å². The maximum atomic E-state index is 6.74. The summed E-state index contributed by atoms with van der Waals surface area (Å²) in [5.41, 5.74) is 2.46. The summed E-state index contributed by atoms with van der Waals surface area (Å²) in [5.74, 6) is 0. The summed E-state index contributed by atoms with van der Waals surface area (Å²) < 4.78 is 63.0. The van der Waals surface area contributed by atoms with Crippen molar-refractivity contribution in [3.05, 3.63) is 108 Å². The largest absolute Gasteiger partial charge is 0.379 e. The van der Waals surface area contributed by atoms with Gasteiger partial charge in [-0.1, -0.05) is 175 Å². The molecule has 11 heteroatoms. The van der Waals surface area contributed by atoms with E-state index in [1.165, 1.54) is 77.0 Å². The quantitative estimate of drug-likeness (QED) is 0.0400. The number of hydrogen-bond acceptors (Lipinski definition) is 11. The molecule has 0 aliphatic rings. The van der Waals surface area contributed by atoms with Gasteiger partial charge in [-0.25, -0.2) is 0 Å². The van der Waals surface area contributed by atoms with Crippen LogP contribution in [-0.4, -0.2) is 139 Å². The average molecular weight is 911 g/mol. The fourth-order valence-electron chi connectivity index (χ4n) is 7.33. The smallest absolute Gasteiger partial charge is 0.143 e. The third-order valence-electron chi connectivity index (χ3n) is 10.8. The first-order valence-corrected chi connectivity index (χ1v) is 25.0. The van der Waals surface area contributed by atoms with Gasteiger partial charge in [-0.05, 0) is 23.1 Å². The number of ether oxygens (including phenoxy) is 11. The van der Waals surface area contributed by atoms with Crippen molar-refractivity contribution in [2.45, 2.75) is 96.0 Å². The summed E-state index contributed by atoms with van der Waals surface area (Å²) in [6, 6.07) is 31.1. The molecule has 3 rings (SSSR count). The van der Waals surface area contributed by atoms with E-state index < -0.39 is 5.60 Å². The van der Waals surface area contributed by atoms with Crippen molar-refractivity contribution in [2.75, 3.05) is 139 Å². The summed E-state index contributed by atoms with van der Waals surface area (Å²) in [5, 5.41) is 0. The first kappa shape index (κ1) is 56.5. The van der Waals surface area contributed by atoms with Crippen LogP contribution in [0.1, 0.15) is 107 Å². The Bertz CT molecular complexity index is 1300. The fourth-order valence-corrected chi connectivity index (χ4v) is 7.33. The minimum Gasteiger partial charge on any atom is -0.379 e. The molecule has 0 aliphatic carbocycles. The third-order valence-corrected chi connectivity index (χ3v) is 10.8. The molecule has 368 valence electrons. The van der Waals surface area contributed by atoms with Crippen LogP contribution in [0.2, 0.25) is 0 Å². The second-order valence-electron chi connectivity index (χ2n) is 16.0. The molecule has 0 saturated heterocycles. The molecule has 0 saturated carbocycles. The second kappa shape index (κ2) is 42.6. The lowest BCUT2D eigenvalue weighted by Crippen LogP contribution is -2.34. The van der Waals surface area contributed by atoms with Crippen LogP contribution in [0.3, 0.4) is 0 Å². The fraction of sp³-hybridized carbons (Fsp3) is 0.667. The second-order valence-corrected chi connectivity index (χ2v) is 16.0. The van der Waals surface area contributed by atoms with E-state index in [1.807, 2.05) is 54.6 Å². The van der Waals surface area contributed by atoms with Crippen LogP contribution < -0.4 is 0 Å². The topological polar surface area (TPSA) is 102 Å². The maximum Gasteiger partial charge on any atom is 0.143 e. The van der Waals surface area contributed by atoms with Gasteiger partial charge in [-0.2, -0.15) is 0 Å². The van der Waals surface area contributed by atoms with Gasteiger partial charge in [-0.15, -0.1) is 0 Å². The van der Waals surface area contributed by atoms with Gasteiger partial charge in [0.2, 0.25) is 0 Å². The molecule has 0 radical (unpaired) electrons. The van der Waals surface area contributed by atoms with Gasteiger partial charge in [0, 0.05) is 6.61 Å². The lowest BCUT2D eigenvalue weighted by atomic mass is 9.80. The Labute approximate surface area is 393 Å². The van der Waals surface area contributed by atoms with Crippen molar-refractivity contribution < 1.29 is 52.1 Å². The number of benzene rings is 3. The molecule has 0 unspecified atom stereocenters. The highest BCUT2D eigenvalue weighted by Crippen LogP contribution is 2.40. The van der Waals surface area contributed by atoms with Crippen LogP contribution in [0, 0.1) is 0 Å². The Hall–Kier alpha value is -2.78. The summed E-state index contributed by atoms with van der Waals surface area (Å²) in [6.45, 7) is 13.5. The monoisotopic (exact) mass is 911 g/mol. The van der Waals surface area contributed by atoms with E-state index in [2.05, 4.69) is 43.3 Å². The zero-order valence-electron chi connectivity index (χ0n) is 40.2. The highest BCUT2D eigenvalue weighted by Gasteiger charge is 2.37. The van der Waals surface area contributed by atoms with E-state index >= 15 is 0 Å². The highest BCUT2D eigenvalue weighted by molar-refractivity contribution is 5.47. The number of unbranched alkanes of at least 4 members (excludes halogenated alkanes) is 12. The maximum absolute atomic E-state index is 6.74. The third kappa shape index (κ3) is 28.9. The molecular weight excluding hydrogens is 825 g/mol. The zero-order chi connectivity index (χ0) is 45.7. The molecule has 11 nitrogen and oxygen atoms in total. The van der Waals surface area contributed by atoms with Crippen LogP contribution in [0.25, 0.3) is 0 Å². The van der Waals surface area contributed by atoms with Gasteiger partial charge >= 0.3 is 0 Å². The lowest BCUT2D eigenvalue weighted by Gasteiger charge is -2.36. The predicted molar refractivity (Wildman–Crippen MR) is 259 cm³/mol. The normalized spacial score (nSPS) is 11.8. The van der Waals surface area contributed by atoms with E-state index in [4.69, 9.17) is 52.1 Å². The number of hydrogen-bond donors (Lipinski definition) is 0. The van der Waals surface area contributed by atoms with Gasteiger partial charge in [0.1, 0.15) is 5.60 Å². The molecule has 65 heavy (non-hydrogen) atoms. The molecular formula is C54H86O11. The molecule has 0 amide bonds. The van der Waals surface area contributed by atoms with E-state index in [0.717, 1.165) is 29.7 Å². The molecule has 0 N–H and O–H groups in total. The van der Waals surface area contributed by atoms with Crippen LogP contribution in [0.5, 0.6) is 0 Å². The molecule has 0 spiro atoms. The SMILES string of the molecule is CCCCCCCCCCCCCCCOCCOCCOCCOCCOCCOCCOCCOCCOCCOCCOC(c1ccccc1)(c1ccccc1)c1ccccc1. The summed E-state index contributed by atoms with van der Waals surface area (Å²) >= 11 is 0. The minimum atomic E-state index is -0.751. The van der Waals surface area contributed by atoms with E-state index in [1.54, 1.807) is 0 Å². The lowest BCUT2D eigenvalue weighted by molar-refractivity contribution is -0.0399.